The van der Waals surface area contributed by atoms with Gasteiger partial charge in [-0.1, -0.05) is 0 Å². The maximum Gasteiger partial charge on any atom is 0.252 e. The van der Waals surface area contributed by atoms with Crippen LogP contribution in [0.1, 0.15) is 59.8 Å². The van der Waals surface area contributed by atoms with Gasteiger partial charge in [-0.25, -0.2) is 4.98 Å². The van der Waals surface area contributed by atoms with Gasteiger partial charge in [0.1, 0.15) is 0 Å². The maximum absolute atomic E-state index is 12.7. The third-order valence-corrected chi connectivity index (χ3v) is 5.03. The zero-order chi connectivity index (χ0) is 17.4. The largest absolute Gasteiger partial charge is 0.381 e. The first kappa shape index (κ1) is 16.5. The number of aryl methyl sites for hydroxylation is 2. The lowest BCUT2D eigenvalue weighted by Crippen LogP contribution is -2.26. The predicted octanol–water partition coefficient (Wildman–Crippen LogP) is 2.70. The second-order valence-electron chi connectivity index (χ2n) is 7.40. The summed E-state index contributed by atoms with van der Waals surface area (Å²) in [4.78, 5) is 17.5. The summed E-state index contributed by atoms with van der Waals surface area (Å²) in [5, 5.41) is 8.36. The summed E-state index contributed by atoms with van der Waals surface area (Å²) >= 11 is 0. The molecule has 0 aliphatic heterocycles. The number of nitrogens with one attached hydrogen (secondary N) is 1. The molecule has 0 radical (unpaired) electrons. The van der Waals surface area contributed by atoms with E-state index in [0.29, 0.717) is 24.6 Å². The summed E-state index contributed by atoms with van der Waals surface area (Å²) in [6.07, 6.45) is 5.78. The van der Waals surface area contributed by atoms with E-state index in [4.69, 9.17) is 9.72 Å². The molecule has 6 heteroatoms. The van der Waals surface area contributed by atoms with Gasteiger partial charge in [-0.2, -0.15) is 5.10 Å². The highest BCUT2D eigenvalue weighted by atomic mass is 16.5. The molecule has 0 atom stereocenters. The van der Waals surface area contributed by atoms with Gasteiger partial charge in [0.2, 0.25) is 0 Å². The number of pyridine rings is 1. The van der Waals surface area contributed by atoms with Crippen molar-refractivity contribution < 1.29 is 9.53 Å². The zero-order valence-corrected chi connectivity index (χ0v) is 15.0. The van der Waals surface area contributed by atoms with Crippen molar-refractivity contribution in [3.63, 3.8) is 0 Å². The van der Waals surface area contributed by atoms with E-state index >= 15 is 0 Å². The van der Waals surface area contributed by atoms with Crippen LogP contribution in [0.25, 0.3) is 11.0 Å². The van der Waals surface area contributed by atoms with Crippen molar-refractivity contribution >= 4 is 16.9 Å². The van der Waals surface area contributed by atoms with Gasteiger partial charge in [0.05, 0.1) is 16.6 Å². The molecular weight excluding hydrogens is 316 g/mol. The molecule has 2 aliphatic carbocycles. The van der Waals surface area contributed by atoms with Crippen LogP contribution in [0.3, 0.4) is 0 Å². The van der Waals surface area contributed by atoms with E-state index in [-0.39, 0.29) is 5.91 Å². The summed E-state index contributed by atoms with van der Waals surface area (Å²) in [5.41, 5.74) is 3.38. The van der Waals surface area contributed by atoms with Crippen LogP contribution in [0.15, 0.2) is 6.07 Å². The van der Waals surface area contributed by atoms with Crippen molar-refractivity contribution in [2.45, 2.75) is 44.9 Å². The lowest BCUT2D eigenvalue weighted by atomic mass is 10.1. The number of nitrogens with zero attached hydrogens (tertiary/aromatic N) is 3. The van der Waals surface area contributed by atoms with Crippen LogP contribution in [-0.4, -0.2) is 40.4 Å². The monoisotopic (exact) mass is 342 g/mol. The first-order valence-electron chi connectivity index (χ1n) is 9.33. The summed E-state index contributed by atoms with van der Waals surface area (Å²) < 4.78 is 7.40. The summed E-state index contributed by atoms with van der Waals surface area (Å²) in [5.74, 6) is 1.25. The lowest BCUT2D eigenvalue weighted by molar-refractivity contribution is 0.0938. The second kappa shape index (κ2) is 6.75. The van der Waals surface area contributed by atoms with E-state index in [1.807, 2.05) is 20.0 Å². The summed E-state index contributed by atoms with van der Waals surface area (Å²) in [7, 11) is 1.89. The molecule has 1 N–H and O–H groups in total. The highest BCUT2D eigenvalue weighted by Gasteiger charge is 2.28. The minimum Gasteiger partial charge on any atom is -0.381 e. The Morgan fingerprint density at radius 2 is 2.16 bits per heavy atom. The number of amides is 1. The van der Waals surface area contributed by atoms with Crippen LogP contribution >= 0.6 is 0 Å². The average molecular weight is 342 g/mol. The molecule has 6 nitrogen and oxygen atoms in total. The van der Waals surface area contributed by atoms with Gasteiger partial charge in [-0.05, 0) is 51.0 Å². The Kier molecular flexibility index (Phi) is 4.46. The van der Waals surface area contributed by atoms with E-state index in [9.17, 15) is 4.79 Å². The first-order chi connectivity index (χ1) is 12.1. The van der Waals surface area contributed by atoms with Gasteiger partial charge in [0.25, 0.3) is 5.91 Å². The zero-order valence-electron chi connectivity index (χ0n) is 15.0. The van der Waals surface area contributed by atoms with Crippen LogP contribution in [0.5, 0.6) is 0 Å². The Morgan fingerprint density at radius 3 is 2.88 bits per heavy atom. The molecule has 134 valence electrons. The smallest absolute Gasteiger partial charge is 0.252 e. The van der Waals surface area contributed by atoms with E-state index in [1.165, 1.54) is 12.8 Å². The molecule has 2 fully saturated rings. The number of hydrogen-bond donors (Lipinski definition) is 1. The van der Waals surface area contributed by atoms with Crippen molar-refractivity contribution in [2.24, 2.45) is 13.0 Å². The normalized spacial score (nSPS) is 17.2. The van der Waals surface area contributed by atoms with Gasteiger partial charge in [0.15, 0.2) is 5.65 Å². The molecular formula is C19H26N4O2. The number of carbonyl (C=O) groups is 1. The van der Waals surface area contributed by atoms with Gasteiger partial charge >= 0.3 is 0 Å². The summed E-state index contributed by atoms with van der Waals surface area (Å²) in [6.45, 7) is 4.15. The van der Waals surface area contributed by atoms with Gasteiger partial charge < -0.3 is 10.1 Å². The van der Waals surface area contributed by atoms with Crippen LogP contribution < -0.4 is 5.32 Å². The average Bonchev–Trinajstić information content (AvgIpc) is 3.50. The van der Waals surface area contributed by atoms with E-state index in [2.05, 4.69) is 10.4 Å². The van der Waals surface area contributed by atoms with Gasteiger partial charge in [-0.3, -0.25) is 9.48 Å². The molecule has 2 aromatic rings. The standard InChI is InChI=1S/C19H26N4O2/c1-12-17-15(19(24)20-8-3-9-25-11-13-4-5-13)10-16(14-6-7-14)21-18(17)23(2)22-12/h10,13-14H,3-9,11H2,1-2H3,(H,20,24). The molecule has 2 saturated carbocycles. The minimum atomic E-state index is -0.0346. The Bertz CT molecular complexity index is 790. The number of hydrogen-bond acceptors (Lipinski definition) is 4. The highest BCUT2D eigenvalue weighted by Crippen LogP contribution is 2.40. The quantitative estimate of drug-likeness (QED) is 0.749. The SMILES string of the molecule is Cc1nn(C)c2nc(C3CC3)cc(C(=O)NCCCOCC3CC3)c12. The maximum atomic E-state index is 12.7. The van der Waals surface area contributed by atoms with Crippen molar-refractivity contribution in [1.82, 2.24) is 20.1 Å². The van der Waals surface area contributed by atoms with Crippen molar-refractivity contribution in [3.05, 3.63) is 23.0 Å². The molecule has 4 rings (SSSR count). The lowest BCUT2D eigenvalue weighted by Gasteiger charge is -2.09. The molecule has 0 unspecified atom stereocenters. The number of carbonyl (C=O) groups excluding carboxylic acids is 1. The third-order valence-electron chi connectivity index (χ3n) is 5.03. The van der Waals surface area contributed by atoms with E-state index < -0.39 is 0 Å². The van der Waals surface area contributed by atoms with E-state index in [1.54, 1.807) is 4.68 Å². The van der Waals surface area contributed by atoms with Crippen LogP contribution in [0, 0.1) is 12.8 Å². The minimum absolute atomic E-state index is 0.0346. The fraction of sp³-hybridized carbons (Fsp3) is 0.632. The molecule has 0 saturated heterocycles. The second-order valence-corrected chi connectivity index (χ2v) is 7.40. The Morgan fingerprint density at radius 1 is 1.36 bits per heavy atom. The highest BCUT2D eigenvalue weighted by molar-refractivity contribution is 6.06. The van der Waals surface area contributed by atoms with Gasteiger partial charge in [0, 0.05) is 38.4 Å². The third kappa shape index (κ3) is 3.68. The molecule has 0 spiro atoms. The predicted molar refractivity (Wildman–Crippen MR) is 95.7 cm³/mol. The Hall–Kier alpha value is -1.95. The summed E-state index contributed by atoms with van der Waals surface area (Å²) in [6, 6.07) is 1.97. The van der Waals surface area contributed by atoms with Gasteiger partial charge in [-0.15, -0.1) is 0 Å². The fourth-order valence-electron chi connectivity index (χ4n) is 3.24. The molecule has 2 heterocycles. The van der Waals surface area contributed by atoms with Crippen molar-refractivity contribution in [1.29, 1.82) is 0 Å². The molecule has 2 aromatic heterocycles. The van der Waals surface area contributed by atoms with Crippen LogP contribution in [-0.2, 0) is 11.8 Å². The molecule has 25 heavy (non-hydrogen) atoms. The molecule has 0 aromatic carbocycles. The number of ether oxygens (including phenoxy) is 1. The molecule has 2 aliphatic rings. The van der Waals surface area contributed by atoms with Crippen molar-refractivity contribution in [2.75, 3.05) is 19.8 Å². The number of rotatable bonds is 8. The molecule has 1 amide bonds. The van der Waals surface area contributed by atoms with Crippen LogP contribution in [0.2, 0.25) is 0 Å². The number of aromatic nitrogens is 3. The Labute approximate surface area is 147 Å². The van der Waals surface area contributed by atoms with Crippen molar-refractivity contribution in [3.8, 4) is 0 Å². The van der Waals surface area contributed by atoms with Crippen LogP contribution in [0.4, 0.5) is 0 Å². The topological polar surface area (TPSA) is 69.0 Å². The molecule has 0 bridgehead atoms. The Balaban J connectivity index is 1.44. The fourth-order valence-corrected chi connectivity index (χ4v) is 3.24. The number of fused-ring (bicyclic) bond motifs is 1. The first-order valence-corrected chi connectivity index (χ1v) is 9.33. The van der Waals surface area contributed by atoms with E-state index in [0.717, 1.165) is 54.2 Å².